The molecular formula is C19H22ClN3O3. The van der Waals surface area contributed by atoms with Gasteiger partial charge in [0.25, 0.3) is 11.8 Å². The van der Waals surface area contributed by atoms with Crippen LogP contribution in [0, 0.1) is 0 Å². The van der Waals surface area contributed by atoms with Gasteiger partial charge in [-0.1, -0.05) is 37.4 Å². The highest BCUT2D eigenvalue weighted by Crippen LogP contribution is 2.27. The molecule has 0 radical (unpaired) electrons. The van der Waals surface area contributed by atoms with Crippen molar-refractivity contribution in [3.63, 3.8) is 0 Å². The van der Waals surface area contributed by atoms with E-state index in [1.165, 1.54) is 7.11 Å². The fourth-order valence-electron chi connectivity index (χ4n) is 2.29. The fraction of sp³-hybridized carbons (Fsp3) is 0.316. The number of ether oxygens (including phenoxy) is 1. The summed E-state index contributed by atoms with van der Waals surface area (Å²) in [6.07, 6.45) is 3.06. The Hall–Kier alpha value is -2.60. The molecule has 0 spiro atoms. The molecule has 0 fully saturated rings. The summed E-state index contributed by atoms with van der Waals surface area (Å²) in [5.41, 5.74) is 0.872. The second-order valence-corrected chi connectivity index (χ2v) is 6.08. The number of amides is 2. The van der Waals surface area contributed by atoms with Gasteiger partial charge >= 0.3 is 0 Å². The molecule has 0 unspecified atom stereocenters. The van der Waals surface area contributed by atoms with E-state index in [4.69, 9.17) is 16.3 Å². The monoisotopic (exact) mass is 375 g/mol. The largest absolute Gasteiger partial charge is 0.495 e. The third-order valence-corrected chi connectivity index (χ3v) is 3.99. The number of anilines is 1. The van der Waals surface area contributed by atoms with Crippen LogP contribution in [0.3, 0.4) is 0 Å². The summed E-state index contributed by atoms with van der Waals surface area (Å²) in [4.78, 5) is 28.6. The summed E-state index contributed by atoms with van der Waals surface area (Å²) in [6, 6.07) is 9.68. The maximum absolute atomic E-state index is 12.4. The van der Waals surface area contributed by atoms with Crippen LogP contribution in [0.2, 0.25) is 5.02 Å². The Morgan fingerprint density at radius 1 is 1.12 bits per heavy atom. The van der Waals surface area contributed by atoms with Crippen molar-refractivity contribution in [3.8, 4) is 5.75 Å². The number of hydrogen-bond donors (Lipinski definition) is 2. The molecule has 0 aliphatic rings. The Labute approximate surface area is 157 Å². The average Bonchev–Trinajstić information content (AvgIpc) is 2.65. The van der Waals surface area contributed by atoms with Crippen molar-refractivity contribution in [1.82, 2.24) is 10.3 Å². The van der Waals surface area contributed by atoms with Gasteiger partial charge in [0.1, 0.15) is 17.1 Å². The fourth-order valence-corrected chi connectivity index (χ4v) is 2.55. The third-order valence-electron chi connectivity index (χ3n) is 3.69. The van der Waals surface area contributed by atoms with E-state index >= 15 is 0 Å². The molecule has 2 amide bonds. The molecule has 2 aromatic rings. The van der Waals surface area contributed by atoms with E-state index in [1.54, 1.807) is 36.4 Å². The standard InChI is InChI=1S/C19H22ClN3O3/c1-3-4-5-11-21-18(24)15-7-6-8-16(23-15)19(25)22-13-9-10-17(26-2)14(20)12-13/h6-10,12H,3-5,11H2,1-2H3,(H,21,24)(H,22,25). The Morgan fingerprint density at radius 3 is 2.50 bits per heavy atom. The van der Waals surface area contributed by atoms with E-state index in [0.717, 1.165) is 19.3 Å². The first-order valence-corrected chi connectivity index (χ1v) is 8.83. The molecule has 2 rings (SSSR count). The smallest absolute Gasteiger partial charge is 0.274 e. The number of nitrogens with one attached hydrogen (secondary N) is 2. The van der Waals surface area contributed by atoms with E-state index in [9.17, 15) is 9.59 Å². The molecule has 6 nitrogen and oxygen atoms in total. The first-order chi connectivity index (χ1) is 12.5. The Kier molecular flexibility index (Phi) is 7.41. The molecule has 138 valence electrons. The maximum Gasteiger partial charge on any atom is 0.274 e. The second kappa shape index (κ2) is 9.77. The Balaban J connectivity index is 2.03. The number of pyridine rings is 1. The molecular weight excluding hydrogens is 354 g/mol. The summed E-state index contributed by atoms with van der Waals surface area (Å²) in [7, 11) is 1.52. The zero-order chi connectivity index (χ0) is 18.9. The highest BCUT2D eigenvalue weighted by atomic mass is 35.5. The molecule has 26 heavy (non-hydrogen) atoms. The number of hydrogen-bond acceptors (Lipinski definition) is 4. The number of halogens is 1. The maximum atomic E-state index is 12.4. The third kappa shape index (κ3) is 5.46. The van der Waals surface area contributed by atoms with Crippen molar-refractivity contribution in [2.45, 2.75) is 26.2 Å². The van der Waals surface area contributed by atoms with Crippen LogP contribution in [0.1, 0.15) is 47.2 Å². The molecule has 0 saturated heterocycles. The van der Waals surface area contributed by atoms with Gasteiger partial charge in [-0.25, -0.2) is 4.98 Å². The van der Waals surface area contributed by atoms with Crippen molar-refractivity contribution >= 4 is 29.1 Å². The van der Waals surface area contributed by atoms with Gasteiger partial charge in [-0.05, 0) is 36.8 Å². The van der Waals surface area contributed by atoms with Crippen molar-refractivity contribution < 1.29 is 14.3 Å². The zero-order valence-electron chi connectivity index (χ0n) is 14.8. The number of unbranched alkanes of at least 4 members (excludes halogenated alkanes) is 2. The normalized spacial score (nSPS) is 10.3. The number of carbonyl (C=O) groups is 2. The number of benzene rings is 1. The lowest BCUT2D eigenvalue weighted by Gasteiger charge is -2.09. The van der Waals surface area contributed by atoms with Crippen LogP contribution in [0.25, 0.3) is 0 Å². The van der Waals surface area contributed by atoms with Gasteiger partial charge < -0.3 is 15.4 Å². The van der Waals surface area contributed by atoms with Gasteiger partial charge in [-0.15, -0.1) is 0 Å². The SMILES string of the molecule is CCCCCNC(=O)c1cccc(C(=O)Nc2ccc(OC)c(Cl)c2)n1. The van der Waals surface area contributed by atoms with Crippen LogP contribution >= 0.6 is 11.6 Å². The van der Waals surface area contributed by atoms with Crippen LogP contribution < -0.4 is 15.4 Å². The van der Waals surface area contributed by atoms with E-state index < -0.39 is 5.91 Å². The molecule has 7 heteroatoms. The highest BCUT2D eigenvalue weighted by Gasteiger charge is 2.13. The summed E-state index contributed by atoms with van der Waals surface area (Å²) >= 11 is 6.05. The van der Waals surface area contributed by atoms with Crippen LogP contribution in [-0.4, -0.2) is 30.5 Å². The summed E-state index contributed by atoms with van der Waals surface area (Å²) < 4.78 is 5.08. The van der Waals surface area contributed by atoms with Gasteiger partial charge in [0.2, 0.25) is 0 Å². The van der Waals surface area contributed by atoms with E-state index in [2.05, 4.69) is 22.5 Å². The number of rotatable bonds is 8. The molecule has 0 aliphatic heterocycles. The quantitative estimate of drug-likeness (QED) is 0.685. The average molecular weight is 376 g/mol. The number of nitrogens with zero attached hydrogens (tertiary/aromatic N) is 1. The molecule has 0 atom stereocenters. The van der Waals surface area contributed by atoms with Gasteiger partial charge in [0, 0.05) is 12.2 Å². The molecule has 1 aromatic heterocycles. The summed E-state index contributed by atoms with van der Waals surface area (Å²) in [5.74, 6) is -0.195. The highest BCUT2D eigenvalue weighted by molar-refractivity contribution is 6.32. The first-order valence-electron chi connectivity index (χ1n) is 8.45. The lowest BCUT2D eigenvalue weighted by molar-refractivity contribution is 0.0948. The molecule has 0 aliphatic carbocycles. The van der Waals surface area contributed by atoms with E-state index in [1.807, 2.05) is 0 Å². The molecule has 1 heterocycles. The van der Waals surface area contributed by atoms with Crippen molar-refractivity contribution in [2.75, 3.05) is 19.0 Å². The van der Waals surface area contributed by atoms with E-state index in [0.29, 0.717) is 23.0 Å². The Morgan fingerprint density at radius 2 is 1.85 bits per heavy atom. The predicted octanol–water partition coefficient (Wildman–Crippen LogP) is 3.92. The van der Waals surface area contributed by atoms with Gasteiger partial charge in [-0.3, -0.25) is 9.59 Å². The van der Waals surface area contributed by atoms with Crippen LogP contribution in [-0.2, 0) is 0 Å². The number of aromatic nitrogens is 1. The molecule has 2 N–H and O–H groups in total. The van der Waals surface area contributed by atoms with Crippen molar-refractivity contribution in [2.24, 2.45) is 0 Å². The number of methoxy groups -OCH3 is 1. The topological polar surface area (TPSA) is 80.3 Å². The van der Waals surface area contributed by atoms with Gasteiger partial charge in [-0.2, -0.15) is 0 Å². The summed E-state index contributed by atoms with van der Waals surface area (Å²) in [5, 5.41) is 5.90. The van der Waals surface area contributed by atoms with Crippen molar-refractivity contribution in [3.05, 3.63) is 52.8 Å². The molecule has 0 saturated carbocycles. The Bertz CT molecular complexity index is 780. The van der Waals surface area contributed by atoms with Crippen LogP contribution in [0.5, 0.6) is 5.75 Å². The minimum Gasteiger partial charge on any atom is -0.495 e. The second-order valence-electron chi connectivity index (χ2n) is 5.67. The molecule has 0 bridgehead atoms. The number of carbonyl (C=O) groups excluding carboxylic acids is 2. The molecule has 1 aromatic carbocycles. The minimum atomic E-state index is -0.424. The van der Waals surface area contributed by atoms with Crippen LogP contribution in [0.4, 0.5) is 5.69 Å². The summed E-state index contributed by atoms with van der Waals surface area (Å²) in [6.45, 7) is 2.69. The van der Waals surface area contributed by atoms with Crippen LogP contribution in [0.15, 0.2) is 36.4 Å². The van der Waals surface area contributed by atoms with E-state index in [-0.39, 0.29) is 17.3 Å². The minimum absolute atomic E-state index is 0.151. The first kappa shape index (κ1) is 19.7. The van der Waals surface area contributed by atoms with Crippen molar-refractivity contribution in [1.29, 1.82) is 0 Å². The lowest BCUT2D eigenvalue weighted by atomic mass is 10.2. The van der Waals surface area contributed by atoms with Gasteiger partial charge in [0.15, 0.2) is 0 Å². The lowest BCUT2D eigenvalue weighted by Crippen LogP contribution is -2.26. The van der Waals surface area contributed by atoms with Gasteiger partial charge in [0.05, 0.1) is 12.1 Å². The zero-order valence-corrected chi connectivity index (χ0v) is 15.6. The predicted molar refractivity (Wildman–Crippen MR) is 102 cm³/mol.